The Morgan fingerprint density at radius 3 is 2.35 bits per heavy atom. The lowest BCUT2D eigenvalue weighted by molar-refractivity contribution is -0.151. The third-order valence-corrected chi connectivity index (χ3v) is 7.77. The number of carbonyl (C=O) groups is 2. The van der Waals surface area contributed by atoms with E-state index in [9.17, 15) is 18.0 Å². The number of aryl methyl sites for hydroxylation is 1. The second-order valence-electron chi connectivity index (χ2n) is 8.05. The molecule has 0 atom stereocenters. The molecule has 1 heterocycles. The Morgan fingerprint density at radius 2 is 1.76 bits per heavy atom. The summed E-state index contributed by atoms with van der Waals surface area (Å²) in [6, 6.07) is 11.0. The van der Waals surface area contributed by atoms with Gasteiger partial charge in [0.25, 0.3) is 10.0 Å². The predicted molar refractivity (Wildman–Crippen MR) is 130 cm³/mol. The zero-order valence-electron chi connectivity index (χ0n) is 19.5. The average molecular weight is 509 g/mol. The van der Waals surface area contributed by atoms with Gasteiger partial charge in [0.05, 0.1) is 30.2 Å². The number of piperidine rings is 1. The smallest absolute Gasteiger partial charge is 0.309 e. The Kier molecular flexibility index (Phi) is 8.43. The van der Waals surface area contributed by atoms with E-state index in [-0.39, 0.29) is 34.1 Å². The van der Waals surface area contributed by atoms with Crippen LogP contribution in [-0.4, -0.2) is 58.5 Å². The van der Waals surface area contributed by atoms with Crippen molar-refractivity contribution in [3.63, 3.8) is 0 Å². The first-order valence-corrected chi connectivity index (χ1v) is 12.9. The highest BCUT2D eigenvalue weighted by Crippen LogP contribution is 2.35. The number of carbonyl (C=O) groups excluding carboxylic acids is 2. The molecule has 2 aromatic carbocycles. The van der Waals surface area contributed by atoms with Crippen LogP contribution in [0.1, 0.15) is 25.3 Å². The van der Waals surface area contributed by atoms with E-state index in [1.165, 1.54) is 25.3 Å². The topological polar surface area (TPSA) is 93.2 Å². The summed E-state index contributed by atoms with van der Waals surface area (Å²) in [6.07, 6.45) is 0.936. The van der Waals surface area contributed by atoms with Crippen LogP contribution < -0.4 is 9.04 Å². The Bertz CT molecular complexity index is 1130. The number of benzene rings is 2. The highest BCUT2D eigenvalue weighted by atomic mass is 35.5. The second-order valence-corrected chi connectivity index (χ2v) is 10.3. The molecule has 0 aromatic heterocycles. The number of hydrogen-bond acceptors (Lipinski definition) is 6. The maximum Gasteiger partial charge on any atom is 0.309 e. The summed E-state index contributed by atoms with van der Waals surface area (Å²) in [5.74, 6) is -0.625. The first-order valence-electron chi connectivity index (χ1n) is 11.0. The number of halogens is 1. The molecule has 0 N–H and O–H groups in total. The van der Waals surface area contributed by atoms with Gasteiger partial charge in [0, 0.05) is 18.1 Å². The Labute approximate surface area is 205 Å². The van der Waals surface area contributed by atoms with Gasteiger partial charge in [0.2, 0.25) is 5.91 Å². The molecule has 8 nitrogen and oxygen atoms in total. The second kappa shape index (κ2) is 11.1. The van der Waals surface area contributed by atoms with Crippen LogP contribution in [0.4, 0.5) is 5.69 Å². The molecule has 184 valence electrons. The number of ether oxygens (including phenoxy) is 2. The number of likely N-dealkylation sites (tertiary alicyclic amines) is 1. The monoisotopic (exact) mass is 508 g/mol. The summed E-state index contributed by atoms with van der Waals surface area (Å²) in [4.78, 5) is 26.9. The van der Waals surface area contributed by atoms with Crippen LogP contribution in [0.3, 0.4) is 0 Å². The highest BCUT2D eigenvalue weighted by molar-refractivity contribution is 7.92. The number of methoxy groups -OCH3 is 1. The Morgan fingerprint density at radius 1 is 1.12 bits per heavy atom. The fraction of sp³-hybridized carbons (Fsp3) is 0.417. The molecule has 1 amide bonds. The molecule has 1 aliphatic heterocycles. The van der Waals surface area contributed by atoms with Crippen LogP contribution >= 0.6 is 11.6 Å². The number of hydrogen-bond donors (Lipinski definition) is 0. The Balaban J connectivity index is 1.90. The number of esters is 1. The van der Waals surface area contributed by atoms with Crippen LogP contribution in [0.2, 0.25) is 5.02 Å². The van der Waals surface area contributed by atoms with Gasteiger partial charge in [-0.25, -0.2) is 8.42 Å². The van der Waals surface area contributed by atoms with E-state index in [0.717, 1.165) is 9.87 Å². The standard InChI is InChI=1S/C24H29ClN2O6S/c1-4-33-24(29)18-11-13-26(14-12-18)23(28)16-27(21-15-19(25)7-10-22(21)32-3)34(30,31)20-8-5-17(2)6-9-20/h5-10,15,18H,4,11-14,16H2,1-3H3. The lowest BCUT2D eigenvalue weighted by Crippen LogP contribution is -2.46. The number of anilines is 1. The van der Waals surface area contributed by atoms with Gasteiger partial charge in [-0.05, 0) is 57.0 Å². The van der Waals surface area contributed by atoms with E-state index in [1.807, 2.05) is 6.92 Å². The van der Waals surface area contributed by atoms with Crippen molar-refractivity contribution in [3.05, 3.63) is 53.1 Å². The van der Waals surface area contributed by atoms with Gasteiger partial charge in [0.1, 0.15) is 12.3 Å². The minimum atomic E-state index is -4.11. The molecule has 0 unspecified atom stereocenters. The van der Waals surface area contributed by atoms with Crippen LogP contribution in [0.15, 0.2) is 47.4 Å². The molecule has 10 heteroatoms. The number of nitrogens with zero attached hydrogens (tertiary/aromatic N) is 2. The summed E-state index contributed by atoms with van der Waals surface area (Å²) >= 11 is 6.18. The van der Waals surface area contributed by atoms with Gasteiger partial charge >= 0.3 is 5.97 Å². The van der Waals surface area contributed by atoms with Gasteiger partial charge < -0.3 is 14.4 Å². The molecule has 1 aliphatic rings. The van der Waals surface area contributed by atoms with Gasteiger partial charge in [-0.15, -0.1) is 0 Å². The minimum absolute atomic E-state index is 0.0500. The lowest BCUT2D eigenvalue weighted by Gasteiger charge is -2.33. The summed E-state index contributed by atoms with van der Waals surface area (Å²) in [5.41, 5.74) is 1.08. The van der Waals surface area contributed by atoms with Crippen LogP contribution in [0, 0.1) is 12.8 Å². The average Bonchev–Trinajstić information content (AvgIpc) is 2.82. The van der Waals surface area contributed by atoms with E-state index in [2.05, 4.69) is 0 Å². The summed E-state index contributed by atoms with van der Waals surface area (Å²) < 4.78 is 38.8. The first-order chi connectivity index (χ1) is 16.2. The quantitative estimate of drug-likeness (QED) is 0.505. The van der Waals surface area contributed by atoms with E-state index >= 15 is 0 Å². The maximum absolute atomic E-state index is 13.7. The predicted octanol–water partition coefficient (Wildman–Crippen LogP) is 3.65. The zero-order valence-corrected chi connectivity index (χ0v) is 21.1. The molecule has 0 saturated carbocycles. The Hall–Kier alpha value is -2.78. The number of sulfonamides is 1. The number of amides is 1. The molecule has 0 aliphatic carbocycles. The summed E-state index contributed by atoms with van der Waals surface area (Å²) in [7, 11) is -2.69. The highest BCUT2D eigenvalue weighted by Gasteiger charge is 2.33. The first kappa shape index (κ1) is 25.8. The molecular formula is C24H29ClN2O6S. The van der Waals surface area contributed by atoms with E-state index < -0.39 is 16.6 Å². The normalized spacial score (nSPS) is 14.5. The maximum atomic E-state index is 13.7. The fourth-order valence-corrected chi connectivity index (χ4v) is 5.43. The molecular weight excluding hydrogens is 480 g/mol. The molecule has 2 aromatic rings. The van der Waals surface area contributed by atoms with Crippen molar-refractivity contribution in [2.45, 2.75) is 31.6 Å². The van der Waals surface area contributed by atoms with Gasteiger partial charge in [-0.2, -0.15) is 0 Å². The summed E-state index contributed by atoms with van der Waals surface area (Å²) in [6.45, 7) is 4.17. The zero-order chi connectivity index (χ0) is 24.9. The van der Waals surface area contributed by atoms with Crippen molar-refractivity contribution in [1.29, 1.82) is 0 Å². The van der Waals surface area contributed by atoms with Crippen LogP contribution in [0.25, 0.3) is 0 Å². The molecule has 1 fully saturated rings. The van der Waals surface area contributed by atoms with Crippen LogP contribution in [0.5, 0.6) is 5.75 Å². The molecule has 3 rings (SSSR count). The number of rotatable bonds is 8. The minimum Gasteiger partial charge on any atom is -0.495 e. The third-order valence-electron chi connectivity index (χ3n) is 5.77. The van der Waals surface area contributed by atoms with Crippen molar-refractivity contribution in [2.24, 2.45) is 5.92 Å². The van der Waals surface area contributed by atoms with Crippen molar-refractivity contribution in [2.75, 3.05) is 37.7 Å². The molecule has 1 saturated heterocycles. The molecule has 0 spiro atoms. The van der Waals surface area contributed by atoms with Gasteiger partial charge in [-0.3, -0.25) is 13.9 Å². The van der Waals surface area contributed by atoms with Gasteiger partial charge in [0.15, 0.2) is 0 Å². The van der Waals surface area contributed by atoms with Crippen LogP contribution in [-0.2, 0) is 24.3 Å². The van der Waals surface area contributed by atoms with Crippen molar-refractivity contribution in [1.82, 2.24) is 4.90 Å². The van der Waals surface area contributed by atoms with E-state index in [1.54, 1.807) is 36.1 Å². The van der Waals surface area contributed by atoms with E-state index in [0.29, 0.717) is 37.6 Å². The summed E-state index contributed by atoms with van der Waals surface area (Å²) in [5, 5.41) is 0.308. The van der Waals surface area contributed by atoms with Crippen molar-refractivity contribution >= 4 is 39.2 Å². The molecule has 34 heavy (non-hydrogen) atoms. The molecule has 0 radical (unpaired) electrons. The third kappa shape index (κ3) is 5.82. The fourth-order valence-electron chi connectivity index (χ4n) is 3.84. The van der Waals surface area contributed by atoms with Gasteiger partial charge in [-0.1, -0.05) is 29.3 Å². The van der Waals surface area contributed by atoms with Crippen molar-refractivity contribution < 1.29 is 27.5 Å². The lowest BCUT2D eigenvalue weighted by atomic mass is 9.97. The van der Waals surface area contributed by atoms with E-state index in [4.69, 9.17) is 21.1 Å². The SMILES string of the molecule is CCOC(=O)C1CCN(C(=O)CN(c2cc(Cl)ccc2OC)S(=O)(=O)c2ccc(C)cc2)CC1. The van der Waals surface area contributed by atoms with Crippen molar-refractivity contribution in [3.8, 4) is 5.75 Å². The molecule has 0 bridgehead atoms. The largest absolute Gasteiger partial charge is 0.495 e.